The SMILES string of the molecule is CSCC[C@@H](NC(=O)C1CCCN1S(C)(=O)=O)C(=O)O. The fourth-order valence-corrected chi connectivity index (χ4v) is 3.76. The van der Waals surface area contributed by atoms with Crippen molar-refractivity contribution in [1.82, 2.24) is 9.62 Å². The number of carboxylic acid groups (broad SMARTS) is 1. The molecule has 1 aliphatic heterocycles. The first-order chi connectivity index (χ1) is 9.27. The van der Waals surface area contributed by atoms with Gasteiger partial charge in [0.2, 0.25) is 15.9 Å². The van der Waals surface area contributed by atoms with E-state index in [1.807, 2.05) is 6.26 Å². The molecule has 1 fully saturated rings. The summed E-state index contributed by atoms with van der Waals surface area (Å²) in [5.41, 5.74) is 0. The molecule has 1 heterocycles. The predicted octanol–water partition coefficient (Wildman–Crippen LogP) is -0.267. The molecule has 9 heteroatoms. The normalized spacial score (nSPS) is 21.6. The third-order valence-electron chi connectivity index (χ3n) is 3.16. The highest BCUT2D eigenvalue weighted by molar-refractivity contribution is 7.98. The van der Waals surface area contributed by atoms with Gasteiger partial charge in [0.25, 0.3) is 0 Å². The van der Waals surface area contributed by atoms with Gasteiger partial charge in [0.1, 0.15) is 12.1 Å². The van der Waals surface area contributed by atoms with Crippen LogP contribution in [0.3, 0.4) is 0 Å². The van der Waals surface area contributed by atoms with E-state index in [1.165, 1.54) is 11.8 Å². The molecule has 0 bridgehead atoms. The standard InChI is InChI=1S/C11H20N2O5S2/c1-19-7-5-8(11(15)16)12-10(14)9-4-3-6-13(9)20(2,17)18/h8-9H,3-7H2,1-2H3,(H,12,14)(H,15,16)/t8-,9?/m1/s1. The zero-order valence-electron chi connectivity index (χ0n) is 11.5. The number of nitrogens with one attached hydrogen (secondary N) is 1. The summed E-state index contributed by atoms with van der Waals surface area (Å²) < 4.78 is 24.3. The smallest absolute Gasteiger partial charge is 0.326 e. The van der Waals surface area contributed by atoms with Gasteiger partial charge in [-0.25, -0.2) is 13.2 Å². The molecular weight excluding hydrogens is 304 g/mol. The van der Waals surface area contributed by atoms with Crippen molar-refractivity contribution in [3.63, 3.8) is 0 Å². The Balaban J connectivity index is 2.71. The lowest BCUT2D eigenvalue weighted by Crippen LogP contribution is -2.50. The monoisotopic (exact) mass is 324 g/mol. The summed E-state index contributed by atoms with van der Waals surface area (Å²) in [6.45, 7) is 0.305. The molecule has 1 saturated heterocycles. The van der Waals surface area contributed by atoms with Gasteiger partial charge in [-0.05, 0) is 31.3 Å². The van der Waals surface area contributed by atoms with Crippen molar-refractivity contribution in [1.29, 1.82) is 0 Å². The fourth-order valence-electron chi connectivity index (χ4n) is 2.16. The first-order valence-corrected chi connectivity index (χ1v) is 9.50. The molecule has 0 spiro atoms. The second-order valence-corrected chi connectivity index (χ2v) is 7.63. The number of carbonyl (C=O) groups is 2. The van der Waals surface area contributed by atoms with Crippen LogP contribution in [0.1, 0.15) is 19.3 Å². The molecule has 0 aromatic heterocycles. The molecule has 0 radical (unpaired) electrons. The zero-order chi connectivity index (χ0) is 15.3. The van der Waals surface area contributed by atoms with Crippen LogP contribution in [0.15, 0.2) is 0 Å². The molecule has 0 aliphatic carbocycles. The molecule has 2 N–H and O–H groups in total. The van der Waals surface area contributed by atoms with E-state index in [-0.39, 0.29) is 0 Å². The number of hydrogen-bond donors (Lipinski definition) is 2. The number of carbonyl (C=O) groups excluding carboxylic acids is 1. The Morgan fingerprint density at radius 3 is 2.65 bits per heavy atom. The van der Waals surface area contributed by atoms with Gasteiger partial charge in [-0.15, -0.1) is 0 Å². The van der Waals surface area contributed by atoms with Gasteiger partial charge in [0.05, 0.1) is 6.26 Å². The number of nitrogens with zero attached hydrogens (tertiary/aromatic N) is 1. The van der Waals surface area contributed by atoms with Gasteiger partial charge in [-0.1, -0.05) is 0 Å². The highest BCUT2D eigenvalue weighted by atomic mass is 32.2. The van der Waals surface area contributed by atoms with E-state index in [0.717, 1.165) is 10.6 Å². The van der Waals surface area contributed by atoms with Gasteiger partial charge < -0.3 is 10.4 Å². The molecule has 1 aliphatic rings. The molecule has 1 amide bonds. The highest BCUT2D eigenvalue weighted by Crippen LogP contribution is 2.20. The van der Waals surface area contributed by atoms with Crippen molar-refractivity contribution in [2.45, 2.75) is 31.3 Å². The lowest BCUT2D eigenvalue weighted by molar-refractivity contribution is -0.142. The van der Waals surface area contributed by atoms with Crippen LogP contribution in [0.2, 0.25) is 0 Å². The lowest BCUT2D eigenvalue weighted by atomic mass is 10.1. The predicted molar refractivity (Wildman–Crippen MR) is 77.1 cm³/mol. The van der Waals surface area contributed by atoms with Crippen LogP contribution in [0.5, 0.6) is 0 Å². The van der Waals surface area contributed by atoms with E-state index in [0.29, 0.717) is 31.6 Å². The number of thioether (sulfide) groups is 1. The number of amides is 1. The van der Waals surface area contributed by atoms with E-state index in [2.05, 4.69) is 5.32 Å². The van der Waals surface area contributed by atoms with Crippen molar-refractivity contribution in [3.8, 4) is 0 Å². The maximum Gasteiger partial charge on any atom is 0.326 e. The average Bonchev–Trinajstić information content (AvgIpc) is 2.82. The summed E-state index contributed by atoms with van der Waals surface area (Å²) in [6, 6.07) is -1.77. The number of carboxylic acids is 1. The third kappa shape index (κ3) is 4.64. The quantitative estimate of drug-likeness (QED) is 0.668. The van der Waals surface area contributed by atoms with Gasteiger partial charge in [0, 0.05) is 6.54 Å². The molecule has 7 nitrogen and oxygen atoms in total. The van der Waals surface area contributed by atoms with Crippen LogP contribution >= 0.6 is 11.8 Å². The van der Waals surface area contributed by atoms with E-state index >= 15 is 0 Å². The van der Waals surface area contributed by atoms with Crippen LogP contribution in [0.4, 0.5) is 0 Å². The van der Waals surface area contributed by atoms with E-state index in [1.54, 1.807) is 0 Å². The Bertz CT molecular complexity index is 465. The second-order valence-electron chi connectivity index (χ2n) is 4.71. The summed E-state index contributed by atoms with van der Waals surface area (Å²) in [5, 5.41) is 11.5. The highest BCUT2D eigenvalue weighted by Gasteiger charge is 2.37. The van der Waals surface area contributed by atoms with Crippen molar-refractivity contribution in [2.75, 3.05) is 24.8 Å². The summed E-state index contributed by atoms with van der Waals surface area (Å²) in [7, 11) is -3.45. The van der Waals surface area contributed by atoms with Gasteiger partial charge >= 0.3 is 5.97 Å². The first-order valence-electron chi connectivity index (χ1n) is 6.26. The summed E-state index contributed by atoms with van der Waals surface area (Å²) in [4.78, 5) is 23.2. The maximum atomic E-state index is 12.1. The number of aliphatic carboxylic acids is 1. The van der Waals surface area contributed by atoms with Gasteiger partial charge in [-0.2, -0.15) is 16.1 Å². The topological polar surface area (TPSA) is 104 Å². The minimum absolute atomic E-state index is 0.305. The van der Waals surface area contributed by atoms with Gasteiger partial charge in [-0.3, -0.25) is 4.79 Å². The molecule has 0 aromatic carbocycles. The largest absolute Gasteiger partial charge is 0.480 e. The summed E-state index contributed by atoms with van der Waals surface area (Å²) in [5.74, 6) is -1.02. The molecule has 116 valence electrons. The second kappa shape index (κ2) is 7.28. The van der Waals surface area contributed by atoms with E-state index < -0.39 is 34.0 Å². The first kappa shape index (κ1) is 17.3. The number of rotatable bonds is 7. The average molecular weight is 324 g/mol. The Morgan fingerprint density at radius 1 is 1.50 bits per heavy atom. The van der Waals surface area contributed by atoms with Crippen molar-refractivity contribution in [3.05, 3.63) is 0 Å². The van der Waals surface area contributed by atoms with Crippen molar-refractivity contribution < 1.29 is 23.1 Å². The Labute approximate surface area is 123 Å². The molecule has 1 rings (SSSR count). The zero-order valence-corrected chi connectivity index (χ0v) is 13.2. The lowest BCUT2D eigenvalue weighted by Gasteiger charge is -2.23. The Hall–Kier alpha value is -0.800. The van der Waals surface area contributed by atoms with Crippen LogP contribution in [-0.2, 0) is 19.6 Å². The molecule has 1 unspecified atom stereocenters. The van der Waals surface area contributed by atoms with Crippen LogP contribution in [-0.4, -0.2) is 66.6 Å². The minimum Gasteiger partial charge on any atom is -0.480 e. The molecule has 2 atom stereocenters. The maximum absolute atomic E-state index is 12.1. The molecule has 0 saturated carbocycles. The minimum atomic E-state index is -3.45. The Kier molecular flexibility index (Phi) is 6.28. The summed E-state index contributed by atoms with van der Waals surface area (Å²) in [6.07, 6.45) is 4.25. The molecule has 0 aromatic rings. The van der Waals surface area contributed by atoms with Crippen molar-refractivity contribution >= 4 is 33.7 Å². The van der Waals surface area contributed by atoms with Crippen molar-refractivity contribution in [2.24, 2.45) is 0 Å². The third-order valence-corrected chi connectivity index (χ3v) is 5.09. The van der Waals surface area contributed by atoms with Crippen LogP contribution < -0.4 is 5.32 Å². The van der Waals surface area contributed by atoms with E-state index in [4.69, 9.17) is 5.11 Å². The van der Waals surface area contributed by atoms with Gasteiger partial charge in [0.15, 0.2) is 0 Å². The fraction of sp³-hybridized carbons (Fsp3) is 0.818. The Morgan fingerprint density at radius 2 is 2.15 bits per heavy atom. The van der Waals surface area contributed by atoms with Crippen LogP contribution in [0, 0.1) is 0 Å². The number of hydrogen-bond acceptors (Lipinski definition) is 5. The molecule has 20 heavy (non-hydrogen) atoms. The number of sulfonamides is 1. The van der Waals surface area contributed by atoms with Crippen LogP contribution in [0.25, 0.3) is 0 Å². The van der Waals surface area contributed by atoms with E-state index in [9.17, 15) is 18.0 Å². The summed E-state index contributed by atoms with van der Waals surface area (Å²) >= 11 is 1.49. The molecular formula is C11H20N2O5S2.